The van der Waals surface area contributed by atoms with E-state index in [1.165, 1.54) is 25.1 Å². The summed E-state index contributed by atoms with van der Waals surface area (Å²) in [7, 11) is -1.01. The Kier molecular flexibility index (Phi) is 3.72. The quantitative estimate of drug-likeness (QED) is 0.662. The summed E-state index contributed by atoms with van der Waals surface area (Å²) in [5.41, 5.74) is 0. The molecule has 0 amide bonds. The minimum Gasteiger partial charge on any atom is -0.340 e. The van der Waals surface area contributed by atoms with E-state index >= 15 is 0 Å². The molecule has 0 spiro atoms. The van der Waals surface area contributed by atoms with Crippen LogP contribution in [-0.2, 0) is 6.17 Å². The fourth-order valence-corrected chi connectivity index (χ4v) is 4.25. The average Bonchev–Trinajstić information content (AvgIpc) is 2.52. The molecule has 1 aromatic rings. The fourth-order valence-electron chi connectivity index (χ4n) is 1.61. The highest BCUT2D eigenvalue weighted by molar-refractivity contribution is 6.76. The molecule has 2 nitrogen and oxygen atoms in total. The molecule has 1 aromatic heterocycles. The number of aromatic nitrogens is 2. The van der Waals surface area contributed by atoms with Crippen molar-refractivity contribution in [2.45, 2.75) is 45.1 Å². The molecule has 74 valence electrons. The van der Waals surface area contributed by atoms with Gasteiger partial charge in [-0.3, -0.25) is 0 Å². The van der Waals surface area contributed by atoms with Crippen LogP contribution in [0.5, 0.6) is 0 Å². The Morgan fingerprint density at radius 2 is 2.15 bits per heavy atom. The molecule has 13 heavy (non-hydrogen) atoms. The highest BCUT2D eigenvalue weighted by Gasteiger charge is 2.19. The molecular formula is C10H20N2Si. The van der Waals surface area contributed by atoms with Crippen molar-refractivity contribution in [2.75, 3.05) is 0 Å². The Morgan fingerprint density at radius 1 is 1.38 bits per heavy atom. The molecule has 0 aliphatic heterocycles. The topological polar surface area (TPSA) is 17.8 Å². The monoisotopic (exact) mass is 196 g/mol. The Labute approximate surface area is 82.0 Å². The van der Waals surface area contributed by atoms with Crippen molar-refractivity contribution < 1.29 is 0 Å². The summed E-state index contributed by atoms with van der Waals surface area (Å²) in [6.45, 7) is 7.19. The van der Waals surface area contributed by atoms with Crippen LogP contribution in [0.1, 0.15) is 19.8 Å². The van der Waals surface area contributed by atoms with Gasteiger partial charge in [0.25, 0.3) is 0 Å². The normalized spacial score (nSPS) is 11.9. The Hall–Kier alpha value is -0.573. The highest BCUT2D eigenvalue weighted by atomic mass is 28.3. The molecule has 1 rings (SSSR count). The van der Waals surface area contributed by atoms with Gasteiger partial charge >= 0.3 is 0 Å². The number of imidazole rings is 1. The van der Waals surface area contributed by atoms with Gasteiger partial charge in [0, 0.05) is 18.6 Å². The van der Waals surface area contributed by atoms with E-state index in [1.54, 1.807) is 0 Å². The molecule has 0 unspecified atom stereocenters. The summed E-state index contributed by atoms with van der Waals surface area (Å²) in [5, 5.41) is 0. The number of rotatable bonds is 5. The summed E-state index contributed by atoms with van der Waals surface area (Å²) in [6.07, 6.45) is 9.78. The first kappa shape index (κ1) is 10.5. The van der Waals surface area contributed by atoms with Crippen molar-refractivity contribution in [3.63, 3.8) is 0 Å². The molecule has 0 bridgehead atoms. The van der Waals surface area contributed by atoms with Crippen molar-refractivity contribution in [1.29, 1.82) is 0 Å². The smallest absolute Gasteiger partial charge is 0.0943 e. The van der Waals surface area contributed by atoms with Crippen molar-refractivity contribution >= 4 is 8.07 Å². The van der Waals surface area contributed by atoms with E-state index in [4.69, 9.17) is 0 Å². The van der Waals surface area contributed by atoms with Gasteiger partial charge in [0.2, 0.25) is 0 Å². The molecule has 0 atom stereocenters. The minimum absolute atomic E-state index is 1.01. The zero-order chi connectivity index (χ0) is 9.73. The zero-order valence-corrected chi connectivity index (χ0v) is 9.95. The molecule has 0 N–H and O–H groups in total. The predicted molar refractivity (Wildman–Crippen MR) is 59.4 cm³/mol. The second-order valence-corrected chi connectivity index (χ2v) is 9.65. The summed E-state index contributed by atoms with van der Waals surface area (Å²) in [5.74, 6) is 0. The maximum absolute atomic E-state index is 4.07. The van der Waals surface area contributed by atoms with Gasteiger partial charge in [-0.2, -0.15) is 0 Å². The van der Waals surface area contributed by atoms with Gasteiger partial charge in [-0.1, -0.05) is 38.9 Å². The SMILES string of the molecule is CCCC[Si](C)(C)Cn1ccnc1. The summed E-state index contributed by atoms with van der Waals surface area (Å²) in [4.78, 5) is 4.07. The first-order valence-electron chi connectivity index (χ1n) is 5.10. The molecule has 0 saturated heterocycles. The van der Waals surface area contributed by atoms with Crippen LogP contribution in [-0.4, -0.2) is 17.6 Å². The maximum Gasteiger partial charge on any atom is 0.0943 e. The van der Waals surface area contributed by atoms with E-state index in [0.717, 1.165) is 0 Å². The number of hydrogen-bond donors (Lipinski definition) is 0. The molecule has 3 heteroatoms. The standard InChI is InChI=1S/C10H20N2Si/c1-4-5-8-13(2,3)10-12-7-6-11-9-12/h6-7,9H,4-5,8,10H2,1-3H3. The zero-order valence-electron chi connectivity index (χ0n) is 8.95. The highest BCUT2D eigenvalue weighted by Crippen LogP contribution is 2.15. The van der Waals surface area contributed by atoms with Crippen LogP contribution in [0, 0.1) is 0 Å². The van der Waals surface area contributed by atoms with E-state index in [-0.39, 0.29) is 0 Å². The van der Waals surface area contributed by atoms with Crippen molar-refractivity contribution in [3.05, 3.63) is 18.7 Å². The number of nitrogens with zero attached hydrogens (tertiary/aromatic N) is 2. The minimum atomic E-state index is -1.01. The third-order valence-corrected chi connectivity index (χ3v) is 5.31. The molecule has 0 radical (unpaired) electrons. The average molecular weight is 196 g/mol. The van der Waals surface area contributed by atoms with Gasteiger partial charge in [0.1, 0.15) is 0 Å². The second-order valence-electron chi connectivity index (χ2n) is 4.50. The second kappa shape index (κ2) is 4.60. The van der Waals surface area contributed by atoms with E-state index in [1.807, 2.05) is 12.5 Å². The molecule has 1 heterocycles. The van der Waals surface area contributed by atoms with Gasteiger partial charge in [-0.15, -0.1) is 0 Å². The first-order valence-corrected chi connectivity index (χ1v) is 8.51. The van der Waals surface area contributed by atoms with Gasteiger partial charge in [-0.05, 0) is 0 Å². The molecule has 0 fully saturated rings. The lowest BCUT2D eigenvalue weighted by Crippen LogP contribution is -2.31. The van der Waals surface area contributed by atoms with Crippen molar-refractivity contribution in [2.24, 2.45) is 0 Å². The maximum atomic E-state index is 4.07. The largest absolute Gasteiger partial charge is 0.340 e. The molecule has 0 aromatic carbocycles. The van der Waals surface area contributed by atoms with E-state index < -0.39 is 8.07 Å². The number of unbranched alkanes of at least 4 members (excludes halogenated alkanes) is 1. The lowest BCUT2D eigenvalue weighted by Gasteiger charge is -2.22. The summed E-state index contributed by atoms with van der Waals surface area (Å²) < 4.78 is 2.22. The van der Waals surface area contributed by atoms with Gasteiger partial charge in [0.15, 0.2) is 0 Å². The molecule has 0 aliphatic rings. The molecule has 0 aliphatic carbocycles. The summed E-state index contributed by atoms with van der Waals surface area (Å²) in [6, 6.07) is 1.43. The fraction of sp³-hybridized carbons (Fsp3) is 0.700. The van der Waals surface area contributed by atoms with Gasteiger partial charge in [-0.25, -0.2) is 4.98 Å². The first-order chi connectivity index (χ1) is 6.14. The van der Waals surface area contributed by atoms with Crippen molar-refractivity contribution in [1.82, 2.24) is 9.55 Å². The van der Waals surface area contributed by atoms with Crippen LogP contribution in [0.2, 0.25) is 19.1 Å². The van der Waals surface area contributed by atoms with Gasteiger partial charge in [0.05, 0.1) is 14.4 Å². The number of hydrogen-bond acceptors (Lipinski definition) is 1. The van der Waals surface area contributed by atoms with Crippen molar-refractivity contribution in [3.8, 4) is 0 Å². The van der Waals surface area contributed by atoms with Crippen LogP contribution >= 0.6 is 0 Å². The molecule has 0 saturated carbocycles. The molecular weight excluding hydrogens is 176 g/mol. The predicted octanol–water partition coefficient (Wildman–Crippen LogP) is 2.93. The third-order valence-electron chi connectivity index (χ3n) is 2.38. The van der Waals surface area contributed by atoms with Crippen LogP contribution in [0.15, 0.2) is 18.7 Å². The van der Waals surface area contributed by atoms with Gasteiger partial charge < -0.3 is 4.57 Å². The lowest BCUT2D eigenvalue weighted by atomic mass is 10.4. The van der Waals surface area contributed by atoms with Crippen LogP contribution in [0.3, 0.4) is 0 Å². The van der Waals surface area contributed by atoms with E-state index in [2.05, 4.69) is 35.8 Å². The van der Waals surface area contributed by atoms with Crippen LogP contribution in [0.4, 0.5) is 0 Å². The lowest BCUT2D eigenvalue weighted by molar-refractivity contribution is 0.809. The van der Waals surface area contributed by atoms with E-state index in [0.29, 0.717) is 0 Å². The van der Waals surface area contributed by atoms with E-state index in [9.17, 15) is 0 Å². The Balaban J connectivity index is 2.42. The van der Waals surface area contributed by atoms with Crippen LogP contribution < -0.4 is 0 Å². The van der Waals surface area contributed by atoms with Crippen LogP contribution in [0.25, 0.3) is 0 Å². The Morgan fingerprint density at radius 3 is 2.69 bits per heavy atom. The Bertz CT molecular complexity index is 229. The third kappa shape index (κ3) is 3.76. The summed E-state index contributed by atoms with van der Waals surface area (Å²) >= 11 is 0.